The minimum Gasteiger partial charge on any atom is -0.390 e. The van der Waals surface area contributed by atoms with Crippen LogP contribution in [0.4, 0.5) is 0 Å². The van der Waals surface area contributed by atoms with Gasteiger partial charge in [-0.1, -0.05) is 44.2 Å². The average molecular weight is 218 g/mol. The van der Waals surface area contributed by atoms with Crippen molar-refractivity contribution >= 4 is 0 Å². The van der Waals surface area contributed by atoms with Gasteiger partial charge in [0.25, 0.3) is 0 Å². The molecule has 0 radical (unpaired) electrons. The minimum atomic E-state index is -0.417. The lowest BCUT2D eigenvalue weighted by Gasteiger charge is -2.25. The summed E-state index contributed by atoms with van der Waals surface area (Å²) in [7, 11) is 0. The monoisotopic (exact) mass is 218 g/mol. The lowest BCUT2D eigenvalue weighted by Crippen LogP contribution is -2.26. The molecule has 0 saturated heterocycles. The van der Waals surface area contributed by atoms with Crippen molar-refractivity contribution in [1.29, 1.82) is 0 Å². The third-order valence-corrected chi connectivity index (χ3v) is 3.80. The topological polar surface area (TPSA) is 20.2 Å². The molecule has 0 bridgehead atoms. The number of hydrogen-bond donors (Lipinski definition) is 1. The van der Waals surface area contributed by atoms with Crippen molar-refractivity contribution in [3.8, 4) is 0 Å². The maximum atomic E-state index is 10.5. The van der Waals surface area contributed by atoms with E-state index < -0.39 is 5.60 Å². The fourth-order valence-electron chi connectivity index (χ4n) is 2.87. The smallest absolute Gasteiger partial charge is 0.0656 e. The van der Waals surface area contributed by atoms with E-state index in [0.717, 1.165) is 32.1 Å². The van der Waals surface area contributed by atoms with Crippen LogP contribution in [0.2, 0.25) is 0 Å². The van der Waals surface area contributed by atoms with Crippen LogP contribution in [-0.4, -0.2) is 10.7 Å². The van der Waals surface area contributed by atoms with Crippen LogP contribution >= 0.6 is 0 Å². The fraction of sp³-hybridized carbons (Fsp3) is 0.600. The van der Waals surface area contributed by atoms with Gasteiger partial charge in [-0.2, -0.15) is 0 Å². The van der Waals surface area contributed by atoms with Crippen molar-refractivity contribution in [1.82, 2.24) is 0 Å². The maximum Gasteiger partial charge on any atom is 0.0656 e. The first kappa shape index (κ1) is 11.7. The number of aliphatic hydroxyl groups is 1. The Balaban J connectivity index is 1.91. The predicted octanol–water partition coefficient (Wildman–Crippen LogP) is 3.56. The Labute approximate surface area is 98.5 Å². The van der Waals surface area contributed by atoms with Crippen LogP contribution in [0.25, 0.3) is 0 Å². The number of aryl methyl sites for hydroxylation is 1. The summed E-state index contributed by atoms with van der Waals surface area (Å²) in [6.07, 6.45) is 4.96. The molecule has 1 unspecified atom stereocenters. The van der Waals surface area contributed by atoms with E-state index in [0.29, 0.717) is 5.41 Å². The summed E-state index contributed by atoms with van der Waals surface area (Å²) in [5.74, 6) is 0. The molecule has 0 spiro atoms. The SMILES string of the molecule is CC1(C)CCC(O)(CCc2ccccc2)C1. The van der Waals surface area contributed by atoms with Crippen LogP contribution in [0, 0.1) is 5.41 Å². The molecule has 1 heteroatoms. The zero-order valence-electron chi connectivity index (χ0n) is 10.4. The molecule has 1 aromatic carbocycles. The molecule has 16 heavy (non-hydrogen) atoms. The van der Waals surface area contributed by atoms with Crippen LogP contribution in [0.5, 0.6) is 0 Å². The molecule has 0 aliphatic heterocycles. The average Bonchev–Trinajstić information content (AvgIpc) is 2.53. The second-order valence-corrected chi connectivity index (χ2v) is 6.05. The van der Waals surface area contributed by atoms with Crippen molar-refractivity contribution in [2.45, 2.75) is 51.6 Å². The van der Waals surface area contributed by atoms with E-state index in [-0.39, 0.29) is 0 Å². The Hall–Kier alpha value is -0.820. The van der Waals surface area contributed by atoms with Crippen LogP contribution in [0.1, 0.15) is 45.1 Å². The molecule has 1 N–H and O–H groups in total. The van der Waals surface area contributed by atoms with Crippen molar-refractivity contribution in [2.24, 2.45) is 5.41 Å². The molecule has 1 saturated carbocycles. The van der Waals surface area contributed by atoms with Gasteiger partial charge < -0.3 is 5.11 Å². The minimum absolute atomic E-state index is 0.325. The molecule has 1 aliphatic carbocycles. The highest BCUT2D eigenvalue weighted by Crippen LogP contribution is 2.45. The van der Waals surface area contributed by atoms with Gasteiger partial charge in [0.05, 0.1) is 5.60 Å². The highest BCUT2D eigenvalue weighted by atomic mass is 16.3. The normalized spacial score (nSPS) is 28.2. The highest BCUT2D eigenvalue weighted by Gasteiger charge is 2.41. The van der Waals surface area contributed by atoms with Gasteiger partial charge in [0.1, 0.15) is 0 Å². The summed E-state index contributed by atoms with van der Waals surface area (Å²) in [5.41, 5.74) is 1.24. The summed E-state index contributed by atoms with van der Waals surface area (Å²) in [6, 6.07) is 10.5. The van der Waals surface area contributed by atoms with E-state index in [1.807, 2.05) is 6.07 Å². The van der Waals surface area contributed by atoms with Gasteiger partial charge in [-0.3, -0.25) is 0 Å². The van der Waals surface area contributed by atoms with Gasteiger partial charge in [0, 0.05) is 0 Å². The van der Waals surface area contributed by atoms with Crippen molar-refractivity contribution < 1.29 is 5.11 Å². The molecule has 88 valence electrons. The Bertz CT molecular complexity index is 342. The summed E-state index contributed by atoms with van der Waals surface area (Å²) in [4.78, 5) is 0. The zero-order valence-corrected chi connectivity index (χ0v) is 10.4. The molecule has 1 atom stereocenters. The van der Waals surface area contributed by atoms with E-state index >= 15 is 0 Å². The molecule has 1 fully saturated rings. The third kappa shape index (κ3) is 2.85. The number of hydrogen-bond acceptors (Lipinski definition) is 1. The molecule has 2 rings (SSSR count). The molecular weight excluding hydrogens is 196 g/mol. The maximum absolute atomic E-state index is 10.5. The van der Waals surface area contributed by atoms with Crippen LogP contribution in [-0.2, 0) is 6.42 Å². The van der Waals surface area contributed by atoms with Crippen molar-refractivity contribution in [3.05, 3.63) is 35.9 Å². The molecule has 0 amide bonds. The van der Waals surface area contributed by atoms with E-state index in [1.165, 1.54) is 5.56 Å². The summed E-state index contributed by atoms with van der Waals surface area (Å²) in [6.45, 7) is 4.51. The van der Waals surface area contributed by atoms with E-state index in [1.54, 1.807) is 0 Å². The highest BCUT2D eigenvalue weighted by molar-refractivity contribution is 5.15. The van der Waals surface area contributed by atoms with Gasteiger partial charge in [-0.15, -0.1) is 0 Å². The first-order chi connectivity index (χ1) is 7.49. The first-order valence-electron chi connectivity index (χ1n) is 6.26. The fourth-order valence-corrected chi connectivity index (χ4v) is 2.87. The van der Waals surface area contributed by atoms with Gasteiger partial charge in [0.15, 0.2) is 0 Å². The third-order valence-electron chi connectivity index (χ3n) is 3.80. The molecule has 1 aliphatic rings. The summed E-state index contributed by atoms with van der Waals surface area (Å²) >= 11 is 0. The Morgan fingerprint density at radius 1 is 1.12 bits per heavy atom. The van der Waals surface area contributed by atoms with E-state index in [4.69, 9.17) is 0 Å². The number of rotatable bonds is 3. The van der Waals surface area contributed by atoms with Crippen LogP contribution < -0.4 is 0 Å². The second-order valence-electron chi connectivity index (χ2n) is 6.05. The van der Waals surface area contributed by atoms with Crippen molar-refractivity contribution in [2.75, 3.05) is 0 Å². The van der Waals surface area contributed by atoms with Gasteiger partial charge in [0.2, 0.25) is 0 Å². The zero-order chi connectivity index (χ0) is 11.6. The molecule has 1 nitrogen and oxygen atoms in total. The molecular formula is C15H22O. The molecule has 0 aromatic heterocycles. The van der Waals surface area contributed by atoms with Crippen LogP contribution in [0.3, 0.4) is 0 Å². The number of benzene rings is 1. The van der Waals surface area contributed by atoms with E-state index in [2.05, 4.69) is 38.1 Å². The van der Waals surface area contributed by atoms with Crippen LogP contribution in [0.15, 0.2) is 30.3 Å². The quantitative estimate of drug-likeness (QED) is 0.822. The van der Waals surface area contributed by atoms with Gasteiger partial charge in [-0.25, -0.2) is 0 Å². The standard InChI is InChI=1S/C15H22O/c1-14(2)10-11-15(16,12-14)9-8-13-6-4-3-5-7-13/h3-7,16H,8-12H2,1-2H3. The largest absolute Gasteiger partial charge is 0.390 e. The van der Waals surface area contributed by atoms with Gasteiger partial charge in [-0.05, 0) is 43.1 Å². The Kier molecular flexibility index (Phi) is 3.07. The predicted molar refractivity (Wildman–Crippen MR) is 67.3 cm³/mol. The van der Waals surface area contributed by atoms with E-state index in [9.17, 15) is 5.11 Å². The van der Waals surface area contributed by atoms with Crippen molar-refractivity contribution in [3.63, 3.8) is 0 Å². The van der Waals surface area contributed by atoms with Gasteiger partial charge >= 0.3 is 0 Å². The Morgan fingerprint density at radius 3 is 2.38 bits per heavy atom. The second kappa shape index (κ2) is 4.21. The lowest BCUT2D eigenvalue weighted by atomic mass is 9.87. The Morgan fingerprint density at radius 2 is 1.81 bits per heavy atom. The summed E-state index contributed by atoms with van der Waals surface area (Å²) < 4.78 is 0. The lowest BCUT2D eigenvalue weighted by molar-refractivity contribution is 0.0292. The molecule has 1 aromatic rings. The first-order valence-corrected chi connectivity index (χ1v) is 6.26. The summed E-state index contributed by atoms with van der Waals surface area (Å²) in [5, 5.41) is 10.5. The molecule has 0 heterocycles.